The first kappa shape index (κ1) is 12.3. The summed E-state index contributed by atoms with van der Waals surface area (Å²) in [5.74, 6) is 0.0281. The van der Waals surface area contributed by atoms with Gasteiger partial charge in [-0.05, 0) is 18.3 Å². The summed E-state index contributed by atoms with van der Waals surface area (Å²) in [4.78, 5) is 6.91. The maximum atomic E-state index is 13.5. The predicted molar refractivity (Wildman–Crippen MR) is 70.1 cm³/mol. The van der Waals surface area contributed by atoms with Crippen molar-refractivity contribution < 1.29 is 8.91 Å². The van der Waals surface area contributed by atoms with Crippen molar-refractivity contribution in [2.24, 2.45) is 0 Å². The van der Waals surface area contributed by atoms with Gasteiger partial charge in [0.15, 0.2) is 11.1 Å². The van der Waals surface area contributed by atoms with E-state index in [4.69, 9.17) is 28.3 Å². The molecule has 1 aromatic carbocycles. The van der Waals surface area contributed by atoms with E-state index >= 15 is 0 Å². The van der Waals surface area contributed by atoms with Crippen molar-refractivity contribution >= 4 is 34.9 Å². The van der Waals surface area contributed by atoms with Crippen molar-refractivity contribution in [1.82, 2.24) is 19.7 Å². The van der Waals surface area contributed by atoms with E-state index in [-0.39, 0.29) is 5.02 Å². The van der Waals surface area contributed by atoms with Gasteiger partial charge in [0, 0.05) is 19.0 Å². The van der Waals surface area contributed by atoms with Crippen LogP contribution in [0, 0.1) is 10.6 Å². The first-order chi connectivity index (χ1) is 9.15. The first-order valence-electron chi connectivity index (χ1n) is 5.48. The highest BCUT2D eigenvalue weighted by Gasteiger charge is 2.10. The Labute approximate surface area is 117 Å². The van der Waals surface area contributed by atoms with E-state index in [9.17, 15) is 4.39 Å². The number of nitrogens with one attached hydrogen (secondary N) is 1. The number of nitrogens with zero attached hydrogens (tertiary/aromatic N) is 3. The molecule has 0 saturated carbocycles. The summed E-state index contributed by atoms with van der Waals surface area (Å²) < 4.78 is 20.7. The summed E-state index contributed by atoms with van der Waals surface area (Å²) in [6.07, 6.45) is 1.86. The van der Waals surface area contributed by atoms with E-state index in [0.29, 0.717) is 34.7 Å². The van der Waals surface area contributed by atoms with E-state index in [1.165, 1.54) is 18.5 Å². The number of fused-ring (bicyclic) bond motifs is 1. The number of benzene rings is 1. The summed E-state index contributed by atoms with van der Waals surface area (Å²) in [7, 11) is 0. The number of hydrogen-bond acceptors (Lipinski definition) is 4. The molecule has 2 heterocycles. The summed E-state index contributed by atoms with van der Waals surface area (Å²) in [6.45, 7) is 0.516. The lowest BCUT2D eigenvalue weighted by Crippen LogP contribution is -2.01. The van der Waals surface area contributed by atoms with Crippen LogP contribution in [-0.4, -0.2) is 19.7 Å². The number of hydrogen-bond donors (Lipinski definition) is 1. The quantitative estimate of drug-likeness (QED) is 0.755. The largest absolute Gasteiger partial charge is 0.340 e. The Bertz CT molecular complexity index is 780. The van der Waals surface area contributed by atoms with Gasteiger partial charge in [0.1, 0.15) is 5.82 Å². The highest BCUT2D eigenvalue weighted by molar-refractivity contribution is 7.71. The molecule has 0 amide bonds. The average Bonchev–Trinajstić information content (AvgIpc) is 2.96. The van der Waals surface area contributed by atoms with Gasteiger partial charge in [0.25, 0.3) is 0 Å². The van der Waals surface area contributed by atoms with Crippen molar-refractivity contribution in [3.63, 3.8) is 0 Å². The molecule has 98 valence electrons. The lowest BCUT2D eigenvalue weighted by Gasteiger charge is -2.02. The Kier molecular flexibility index (Phi) is 3.08. The number of aromatic nitrogens is 4. The Morgan fingerprint density at radius 2 is 2.32 bits per heavy atom. The maximum Gasteiger partial charge on any atom is 0.228 e. The third-order valence-electron chi connectivity index (χ3n) is 2.77. The minimum absolute atomic E-state index is 0.0628. The molecule has 19 heavy (non-hydrogen) atoms. The van der Waals surface area contributed by atoms with Gasteiger partial charge >= 0.3 is 0 Å². The van der Waals surface area contributed by atoms with Crippen molar-refractivity contribution in [2.45, 2.75) is 13.0 Å². The maximum absolute atomic E-state index is 13.5. The van der Waals surface area contributed by atoms with Gasteiger partial charge < -0.3 is 14.1 Å². The Hall–Kier alpha value is -1.73. The first-order valence-corrected chi connectivity index (χ1v) is 6.27. The normalized spacial score (nSPS) is 11.3. The summed E-state index contributed by atoms with van der Waals surface area (Å²) in [6, 6.07) is 2.88. The zero-order valence-electron chi connectivity index (χ0n) is 9.56. The topological polar surface area (TPSA) is 59.6 Å². The fourth-order valence-corrected chi connectivity index (χ4v) is 2.35. The zero-order chi connectivity index (χ0) is 13.4. The molecule has 0 fully saturated rings. The van der Waals surface area contributed by atoms with Gasteiger partial charge in [-0.3, -0.25) is 0 Å². The molecular formula is C11H8ClFN4OS. The monoisotopic (exact) mass is 298 g/mol. The number of H-pyrrole nitrogens is 1. The molecule has 0 aliphatic rings. The molecule has 0 unspecified atom stereocenters. The highest BCUT2D eigenvalue weighted by Crippen LogP contribution is 2.22. The lowest BCUT2D eigenvalue weighted by molar-refractivity contribution is 0.371. The van der Waals surface area contributed by atoms with E-state index in [1.54, 1.807) is 4.57 Å². The molecule has 0 atom stereocenters. The molecule has 3 rings (SSSR count). The Balaban J connectivity index is 2.00. The molecular weight excluding hydrogens is 291 g/mol. The fourth-order valence-electron chi connectivity index (χ4n) is 1.89. The minimum atomic E-state index is -0.477. The van der Waals surface area contributed by atoms with E-state index in [1.807, 2.05) is 0 Å². The smallest absolute Gasteiger partial charge is 0.228 e. The van der Waals surface area contributed by atoms with Gasteiger partial charge in [0.05, 0.1) is 16.1 Å². The third-order valence-corrected chi connectivity index (χ3v) is 3.38. The second-order valence-electron chi connectivity index (χ2n) is 3.95. The van der Waals surface area contributed by atoms with Gasteiger partial charge in [-0.1, -0.05) is 16.8 Å². The molecule has 2 aromatic heterocycles. The number of rotatable bonds is 3. The van der Waals surface area contributed by atoms with Gasteiger partial charge in [-0.25, -0.2) is 4.39 Å². The standard InChI is InChI=1S/C11H8ClFN4OS/c12-6-3-8-9(4-7(6)13)17(11(19)16-8)2-1-10-14-5-15-18-10/h3-5H,1-2H2,(H,16,19). The molecule has 3 aromatic rings. The molecule has 0 aliphatic heterocycles. The summed E-state index contributed by atoms with van der Waals surface area (Å²) in [5.41, 5.74) is 1.35. The number of aryl methyl sites for hydroxylation is 2. The number of halogens is 2. The molecule has 8 heteroatoms. The molecule has 0 bridgehead atoms. The van der Waals surface area contributed by atoms with Crippen LogP contribution < -0.4 is 0 Å². The van der Waals surface area contributed by atoms with Gasteiger partial charge in [0.2, 0.25) is 5.89 Å². The van der Waals surface area contributed by atoms with Crippen LogP contribution in [0.4, 0.5) is 4.39 Å². The lowest BCUT2D eigenvalue weighted by atomic mass is 10.3. The van der Waals surface area contributed by atoms with E-state index < -0.39 is 5.82 Å². The van der Waals surface area contributed by atoms with Crippen LogP contribution in [0.3, 0.4) is 0 Å². The van der Waals surface area contributed by atoms with Crippen LogP contribution in [0.15, 0.2) is 23.0 Å². The second-order valence-corrected chi connectivity index (χ2v) is 4.74. The van der Waals surface area contributed by atoms with Crippen LogP contribution in [0.25, 0.3) is 11.0 Å². The number of imidazole rings is 1. The fraction of sp³-hybridized carbons (Fsp3) is 0.182. The molecule has 5 nitrogen and oxygen atoms in total. The molecule has 1 N–H and O–H groups in total. The van der Waals surface area contributed by atoms with Crippen LogP contribution in [0.1, 0.15) is 5.89 Å². The molecule has 0 aliphatic carbocycles. The average molecular weight is 299 g/mol. The summed E-state index contributed by atoms with van der Waals surface area (Å²) in [5, 5.41) is 3.59. The minimum Gasteiger partial charge on any atom is -0.340 e. The van der Waals surface area contributed by atoms with Crippen molar-refractivity contribution in [3.05, 3.63) is 40.0 Å². The molecule has 0 spiro atoms. The van der Waals surface area contributed by atoms with Crippen molar-refractivity contribution in [1.29, 1.82) is 0 Å². The molecule has 0 radical (unpaired) electrons. The predicted octanol–water partition coefficient (Wildman–Crippen LogP) is 3.12. The van der Waals surface area contributed by atoms with E-state index in [2.05, 4.69) is 15.1 Å². The van der Waals surface area contributed by atoms with Crippen LogP contribution in [0.5, 0.6) is 0 Å². The Morgan fingerprint density at radius 3 is 3.05 bits per heavy atom. The van der Waals surface area contributed by atoms with E-state index in [0.717, 1.165) is 0 Å². The third kappa shape index (κ3) is 2.26. The van der Waals surface area contributed by atoms with Crippen LogP contribution in [-0.2, 0) is 13.0 Å². The molecule has 0 saturated heterocycles. The van der Waals surface area contributed by atoms with Gasteiger partial charge in [-0.15, -0.1) is 0 Å². The van der Waals surface area contributed by atoms with Crippen molar-refractivity contribution in [2.75, 3.05) is 0 Å². The van der Waals surface area contributed by atoms with Crippen LogP contribution in [0.2, 0.25) is 5.02 Å². The highest BCUT2D eigenvalue weighted by atomic mass is 35.5. The van der Waals surface area contributed by atoms with Crippen molar-refractivity contribution in [3.8, 4) is 0 Å². The zero-order valence-corrected chi connectivity index (χ0v) is 11.1. The Morgan fingerprint density at radius 1 is 1.47 bits per heavy atom. The SMILES string of the molecule is Fc1cc2c(cc1Cl)[nH]c(=S)n2CCc1ncno1. The number of aromatic amines is 1. The van der Waals surface area contributed by atoms with Gasteiger partial charge in [-0.2, -0.15) is 4.98 Å². The summed E-state index contributed by atoms with van der Waals surface area (Å²) >= 11 is 10.9. The second kappa shape index (κ2) is 4.75. The van der Waals surface area contributed by atoms with Crippen LogP contribution >= 0.6 is 23.8 Å².